The Bertz CT molecular complexity index is 722. The van der Waals surface area contributed by atoms with Crippen molar-refractivity contribution in [2.75, 3.05) is 7.05 Å². The highest BCUT2D eigenvalue weighted by Gasteiger charge is 2.08. The van der Waals surface area contributed by atoms with Crippen LogP contribution in [0, 0.1) is 0 Å². The van der Waals surface area contributed by atoms with Crippen molar-refractivity contribution in [2.24, 2.45) is 4.99 Å². The van der Waals surface area contributed by atoms with Crippen molar-refractivity contribution >= 4 is 41.3 Å². The van der Waals surface area contributed by atoms with Gasteiger partial charge in [-0.1, -0.05) is 6.07 Å². The fraction of sp³-hybridized carbons (Fsp3) is 0.214. The highest BCUT2D eigenvalue weighted by atomic mass is 127. The summed E-state index contributed by atoms with van der Waals surface area (Å²) in [5.41, 5.74) is 0. The number of aliphatic imine (C=N–C) groups is 1. The third-order valence-corrected chi connectivity index (χ3v) is 3.81. The second kappa shape index (κ2) is 8.67. The Balaban J connectivity index is 0.00000192. The molecule has 0 aliphatic rings. The molecule has 0 spiro atoms. The standard InChI is InChI=1S/C14H16N6OS.HI/c1-15-14(16-8-10-4-3-7-22-10)17-9-12-18-13(20-19-12)11-5-2-6-21-11;/h2-7H,8-9H2,1H3,(H2,15,16,17)(H,18,19,20);1H. The van der Waals surface area contributed by atoms with E-state index < -0.39 is 0 Å². The molecule has 3 aromatic heterocycles. The zero-order chi connectivity index (χ0) is 15.2. The van der Waals surface area contributed by atoms with Gasteiger partial charge in [-0.2, -0.15) is 0 Å². The fourth-order valence-corrected chi connectivity index (χ4v) is 2.51. The van der Waals surface area contributed by atoms with Crippen molar-refractivity contribution in [3.63, 3.8) is 0 Å². The number of nitrogens with one attached hydrogen (secondary N) is 3. The van der Waals surface area contributed by atoms with E-state index in [1.54, 1.807) is 30.7 Å². The van der Waals surface area contributed by atoms with E-state index in [9.17, 15) is 0 Å². The molecular formula is C14H17IN6OS. The van der Waals surface area contributed by atoms with Crippen LogP contribution in [0.1, 0.15) is 10.7 Å². The first-order chi connectivity index (χ1) is 10.8. The van der Waals surface area contributed by atoms with E-state index in [1.807, 2.05) is 12.1 Å². The minimum atomic E-state index is 0. The van der Waals surface area contributed by atoms with E-state index in [4.69, 9.17) is 4.42 Å². The van der Waals surface area contributed by atoms with Gasteiger partial charge in [0.25, 0.3) is 0 Å². The molecule has 0 radical (unpaired) electrons. The maximum atomic E-state index is 5.26. The summed E-state index contributed by atoms with van der Waals surface area (Å²) in [7, 11) is 1.73. The summed E-state index contributed by atoms with van der Waals surface area (Å²) < 4.78 is 5.26. The highest BCUT2D eigenvalue weighted by Crippen LogP contribution is 2.14. The predicted octanol–water partition coefficient (Wildman–Crippen LogP) is 2.61. The Kier molecular flexibility index (Phi) is 6.59. The first-order valence-electron chi connectivity index (χ1n) is 6.77. The lowest BCUT2D eigenvalue weighted by Gasteiger charge is -2.09. The summed E-state index contributed by atoms with van der Waals surface area (Å²) in [4.78, 5) is 9.80. The van der Waals surface area contributed by atoms with E-state index in [2.05, 4.69) is 42.3 Å². The molecule has 0 aliphatic carbocycles. The molecule has 0 bridgehead atoms. The van der Waals surface area contributed by atoms with E-state index in [0.717, 1.165) is 6.54 Å². The largest absolute Gasteiger partial charge is 0.461 e. The van der Waals surface area contributed by atoms with Gasteiger partial charge < -0.3 is 15.1 Å². The van der Waals surface area contributed by atoms with Crippen LogP contribution in [0.3, 0.4) is 0 Å². The van der Waals surface area contributed by atoms with Crippen LogP contribution in [-0.2, 0) is 13.1 Å². The molecule has 0 amide bonds. The number of aromatic amines is 1. The zero-order valence-electron chi connectivity index (χ0n) is 12.4. The lowest BCUT2D eigenvalue weighted by molar-refractivity contribution is 0.577. The van der Waals surface area contributed by atoms with Crippen molar-refractivity contribution in [3.05, 3.63) is 46.6 Å². The van der Waals surface area contributed by atoms with E-state index in [0.29, 0.717) is 29.9 Å². The number of guanidine groups is 1. The second-order valence-corrected chi connectivity index (χ2v) is 5.47. The van der Waals surface area contributed by atoms with Gasteiger partial charge in [-0.05, 0) is 23.6 Å². The average Bonchev–Trinajstić information content (AvgIpc) is 3.29. The first-order valence-corrected chi connectivity index (χ1v) is 7.65. The molecule has 0 unspecified atom stereocenters. The molecule has 7 nitrogen and oxygen atoms in total. The molecule has 3 heterocycles. The molecule has 0 saturated heterocycles. The van der Waals surface area contributed by atoms with Gasteiger partial charge in [-0.15, -0.1) is 40.4 Å². The summed E-state index contributed by atoms with van der Waals surface area (Å²) in [6.45, 7) is 1.24. The number of rotatable bonds is 5. The summed E-state index contributed by atoms with van der Waals surface area (Å²) in [6.07, 6.45) is 1.60. The van der Waals surface area contributed by atoms with Gasteiger partial charge in [0.1, 0.15) is 5.82 Å². The lowest BCUT2D eigenvalue weighted by atomic mass is 10.4. The van der Waals surface area contributed by atoms with E-state index in [1.165, 1.54) is 4.88 Å². The fourth-order valence-electron chi connectivity index (χ4n) is 1.86. The summed E-state index contributed by atoms with van der Waals surface area (Å²) in [5.74, 6) is 2.61. The van der Waals surface area contributed by atoms with Gasteiger partial charge in [0, 0.05) is 11.9 Å². The van der Waals surface area contributed by atoms with Crippen molar-refractivity contribution in [2.45, 2.75) is 13.1 Å². The zero-order valence-corrected chi connectivity index (χ0v) is 15.6. The summed E-state index contributed by atoms with van der Waals surface area (Å²) >= 11 is 1.71. The van der Waals surface area contributed by atoms with Crippen LogP contribution in [0.15, 0.2) is 45.3 Å². The van der Waals surface area contributed by atoms with Gasteiger partial charge in [0.05, 0.1) is 19.4 Å². The van der Waals surface area contributed by atoms with Crippen LogP contribution in [0.25, 0.3) is 11.6 Å². The topological polar surface area (TPSA) is 91.1 Å². The molecule has 3 aromatic rings. The number of hydrogen-bond donors (Lipinski definition) is 3. The number of furan rings is 1. The minimum Gasteiger partial charge on any atom is -0.461 e. The maximum Gasteiger partial charge on any atom is 0.216 e. The van der Waals surface area contributed by atoms with E-state index >= 15 is 0 Å². The Labute approximate surface area is 154 Å². The summed E-state index contributed by atoms with van der Waals surface area (Å²) in [5, 5.41) is 15.5. The number of H-pyrrole nitrogens is 1. The van der Waals surface area contributed by atoms with Crippen LogP contribution >= 0.6 is 35.3 Å². The maximum absolute atomic E-state index is 5.26. The number of hydrogen-bond acceptors (Lipinski definition) is 5. The molecule has 122 valence electrons. The monoisotopic (exact) mass is 444 g/mol. The molecule has 3 rings (SSSR count). The SMILES string of the molecule is CN=C(NCc1nc(-c2ccco2)n[nH]1)NCc1cccs1.I. The third kappa shape index (κ3) is 4.79. The number of aromatic nitrogens is 3. The normalized spacial score (nSPS) is 11.1. The Morgan fingerprint density at radius 3 is 2.87 bits per heavy atom. The van der Waals surface area contributed by atoms with Crippen LogP contribution in [0.5, 0.6) is 0 Å². The molecule has 0 aromatic carbocycles. The second-order valence-electron chi connectivity index (χ2n) is 4.44. The molecule has 23 heavy (non-hydrogen) atoms. The average molecular weight is 444 g/mol. The van der Waals surface area contributed by atoms with Gasteiger partial charge in [0.15, 0.2) is 11.7 Å². The molecule has 0 atom stereocenters. The van der Waals surface area contributed by atoms with Crippen molar-refractivity contribution < 1.29 is 4.42 Å². The molecule has 0 fully saturated rings. The lowest BCUT2D eigenvalue weighted by Crippen LogP contribution is -2.36. The van der Waals surface area contributed by atoms with E-state index in [-0.39, 0.29) is 24.0 Å². The van der Waals surface area contributed by atoms with Crippen LogP contribution < -0.4 is 10.6 Å². The van der Waals surface area contributed by atoms with Crippen LogP contribution in [-0.4, -0.2) is 28.2 Å². The smallest absolute Gasteiger partial charge is 0.216 e. The van der Waals surface area contributed by atoms with Crippen LogP contribution in [0.2, 0.25) is 0 Å². The predicted molar refractivity (Wildman–Crippen MR) is 101 cm³/mol. The minimum absolute atomic E-state index is 0. The van der Waals surface area contributed by atoms with Gasteiger partial charge in [-0.3, -0.25) is 10.1 Å². The number of thiophene rings is 1. The Hall–Kier alpha value is -1.88. The van der Waals surface area contributed by atoms with Crippen molar-refractivity contribution in [3.8, 4) is 11.6 Å². The van der Waals surface area contributed by atoms with Crippen molar-refractivity contribution in [1.82, 2.24) is 25.8 Å². The first kappa shape index (κ1) is 17.5. The Morgan fingerprint density at radius 2 is 2.17 bits per heavy atom. The third-order valence-electron chi connectivity index (χ3n) is 2.93. The quantitative estimate of drug-likeness (QED) is 0.320. The number of nitrogens with zero attached hydrogens (tertiary/aromatic N) is 3. The summed E-state index contributed by atoms with van der Waals surface area (Å²) in [6, 6.07) is 7.74. The van der Waals surface area contributed by atoms with Gasteiger partial charge in [-0.25, -0.2) is 4.98 Å². The number of halogens is 1. The van der Waals surface area contributed by atoms with Gasteiger partial charge in [0.2, 0.25) is 5.82 Å². The van der Waals surface area contributed by atoms with Gasteiger partial charge >= 0.3 is 0 Å². The molecular weight excluding hydrogens is 427 g/mol. The molecule has 0 saturated carbocycles. The Morgan fingerprint density at radius 1 is 1.30 bits per heavy atom. The van der Waals surface area contributed by atoms with Crippen LogP contribution in [0.4, 0.5) is 0 Å². The molecule has 9 heteroatoms. The van der Waals surface area contributed by atoms with Crippen molar-refractivity contribution in [1.29, 1.82) is 0 Å². The molecule has 3 N–H and O–H groups in total. The molecule has 0 aliphatic heterocycles. The highest BCUT2D eigenvalue weighted by molar-refractivity contribution is 14.0.